The number of carbonyl (C=O) groups is 1. The summed E-state index contributed by atoms with van der Waals surface area (Å²) in [5, 5.41) is 6.74. The van der Waals surface area contributed by atoms with Crippen molar-refractivity contribution >= 4 is 32.9 Å². The molecule has 0 fully saturated rings. The van der Waals surface area contributed by atoms with Crippen LogP contribution in [0, 0.1) is 0 Å². The number of aromatic nitrogens is 4. The van der Waals surface area contributed by atoms with Crippen molar-refractivity contribution in [2.24, 2.45) is 0 Å². The highest BCUT2D eigenvalue weighted by Gasteiger charge is 2.23. The van der Waals surface area contributed by atoms with Crippen molar-refractivity contribution in [1.29, 1.82) is 0 Å². The van der Waals surface area contributed by atoms with Crippen molar-refractivity contribution in [3.05, 3.63) is 64.2 Å². The van der Waals surface area contributed by atoms with Crippen LogP contribution in [0.15, 0.2) is 52.2 Å². The van der Waals surface area contributed by atoms with Gasteiger partial charge in [-0.2, -0.15) is 9.50 Å². The number of H-pyrrole nitrogens is 1. The molecule has 2 aromatic carbocycles. The molecule has 0 saturated heterocycles. The number of benzene rings is 2. The Morgan fingerprint density at radius 2 is 1.71 bits per heavy atom. The fraction of sp³-hybridized carbons (Fsp3) is 0.280. The van der Waals surface area contributed by atoms with E-state index in [-0.39, 0.29) is 40.2 Å². The molecule has 200 valence electrons. The Morgan fingerprint density at radius 1 is 1.05 bits per heavy atom. The maximum Gasteiger partial charge on any atom is 0.276 e. The first-order valence-electron chi connectivity index (χ1n) is 11.5. The number of hydrogen-bond acceptors (Lipinski definition) is 10. The highest BCUT2D eigenvalue weighted by atomic mass is 32.2. The summed E-state index contributed by atoms with van der Waals surface area (Å²) >= 11 is 0. The van der Waals surface area contributed by atoms with Gasteiger partial charge in [-0.25, -0.2) is 8.42 Å². The predicted octanol–water partition coefficient (Wildman–Crippen LogP) is 2.79. The molecule has 2 aromatic heterocycles. The molecule has 4 aromatic rings. The van der Waals surface area contributed by atoms with Crippen LogP contribution in [0.5, 0.6) is 17.2 Å². The summed E-state index contributed by atoms with van der Waals surface area (Å²) in [7, 11) is 0.751. The third-order valence-electron chi connectivity index (χ3n) is 5.77. The number of ether oxygens (including phenoxy) is 3. The molecule has 0 saturated carbocycles. The van der Waals surface area contributed by atoms with E-state index in [1.54, 1.807) is 32.0 Å². The van der Waals surface area contributed by atoms with Crippen LogP contribution >= 0.6 is 0 Å². The topological polar surface area (TPSA) is 154 Å². The fourth-order valence-corrected chi connectivity index (χ4v) is 5.01. The minimum absolute atomic E-state index is 0.0805. The van der Waals surface area contributed by atoms with Gasteiger partial charge in [-0.3, -0.25) is 9.59 Å². The quantitative estimate of drug-likeness (QED) is 0.286. The number of fused-ring (bicyclic) bond motifs is 1. The second kappa shape index (κ2) is 10.5. The maximum absolute atomic E-state index is 13.1. The second-order valence-electron chi connectivity index (χ2n) is 8.52. The van der Waals surface area contributed by atoms with Crippen molar-refractivity contribution in [1.82, 2.24) is 19.6 Å². The van der Waals surface area contributed by atoms with E-state index in [1.807, 2.05) is 0 Å². The van der Waals surface area contributed by atoms with E-state index >= 15 is 0 Å². The van der Waals surface area contributed by atoms with Gasteiger partial charge in [0.25, 0.3) is 5.56 Å². The lowest BCUT2D eigenvalue weighted by molar-refractivity contribution is 0.0990. The van der Waals surface area contributed by atoms with Gasteiger partial charge in [-0.15, -0.1) is 5.10 Å². The first kappa shape index (κ1) is 26.7. The van der Waals surface area contributed by atoms with Crippen LogP contribution in [0.1, 0.15) is 30.0 Å². The Labute approximate surface area is 218 Å². The number of methoxy groups -OCH3 is 3. The van der Waals surface area contributed by atoms with Gasteiger partial charge >= 0.3 is 0 Å². The summed E-state index contributed by atoms with van der Waals surface area (Å²) in [6, 6.07) is 10.6. The van der Waals surface area contributed by atoms with Gasteiger partial charge in [0.15, 0.2) is 27.1 Å². The monoisotopic (exact) mass is 541 g/mol. The Kier molecular flexibility index (Phi) is 7.39. The largest absolute Gasteiger partial charge is 0.493 e. The molecule has 0 aliphatic rings. The standard InChI is InChI=1S/C25H27N5O7S/c1-14(2)38(33,34)20-9-7-6-8-16(20)26-22-13-23(32)28-25-27-21(29-30(22)25)12-17(31)15-10-18(35-3)24(37-5)19(11-15)36-4/h6-11,13-14,26H,12H2,1-5H3,(H,27,28,29,32). The lowest BCUT2D eigenvalue weighted by Crippen LogP contribution is -2.17. The van der Waals surface area contributed by atoms with Gasteiger partial charge in [0.2, 0.25) is 11.5 Å². The molecular weight excluding hydrogens is 514 g/mol. The summed E-state index contributed by atoms with van der Waals surface area (Å²) in [6.45, 7) is 3.18. The Bertz CT molecular complexity index is 1650. The van der Waals surface area contributed by atoms with Gasteiger partial charge in [-0.05, 0) is 38.1 Å². The zero-order valence-corrected chi connectivity index (χ0v) is 22.3. The molecule has 0 amide bonds. The van der Waals surface area contributed by atoms with E-state index in [2.05, 4.69) is 20.4 Å². The van der Waals surface area contributed by atoms with Crippen LogP contribution in [-0.2, 0) is 16.3 Å². The molecule has 2 heterocycles. The summed E-state index contributed by atoms with van der Waals surface area (Å²) in [5.74, 6) is 1.18. The Balaban J connectivity index is 1.70. The van der Waals surface area contributed by atoms with E-state index in [1.165, 1.54) is 50.1 Å². The molecule has 0 atom stereocenters. The van der Waals surface area contributed by atoms with Crippen molar-refractivity contribution in [3.63, 3.8) is 0 Å². The SMILES string of the molecule is COc1cc(C(=O)Cc2nn3c(Nc4ccccc4S(=O)(=O)C(C)C)cc(=O)nc3[nH]2)cc(OC)c1OC. The smallest absolute Gasteiger partial charge is 0.276 e. The van der Waals surface area contributed by atoms with Crippen molar-refractivity contribution in [2.45, 2.75) is 30.4 Å². The number of sulfone groups is 1. The third kappa shape index (κ3) is 5.05. The number of hydrogen-bond donors (Lipinski definition) is 2. The number of nitrogens with zero attached hydrogens (tertiary/aromatic N) is 3. The van der Waals surface area contributed by atoms with E-state index in [4.69, 9.17) is 14.2 Å². The van der Waals surface area contributed by atoms with E-state index in [0.29, 0.717) is 22.8 Å². The molecule has 2 N–H and O–H groups in total. The molecule has 0 radical (unpaired) electrons. The van der Waals surface area contributed by atoms with Gasteiger partial charge in [-0.1, -0.05) is 12.1 Å². The number of Topliss-reactive ketones (excluding diaryl/α,β-unsaturated/α-hetero) is 1. The van der Waals surface area contributed by atoms with Crippen LogP contribution in [-0.4, -0.2) is 60.4 Å². The molecule has 0 aliphatic heterocycles. The van der Waals surface area contributed by atoms with Gasteiger partial charge < -0.3 is 24.5 Å². The summed E-state index contributed by atoms with van der Waals surface area (Å²) in [6.07, 6.45) is -0.159. The molecule has 4 rings (SSSR count). The highest BCUT2D eigenvalue weighted by molar-refractivity contribution is 7.92. The lowest BCUT2D eigenvalue weighted by Gasteiger charge is -2.14. The van der Waals surface area contributed by atoms with Crippen LogP contribution in [0.4, 0.5) is 11.5 Å². The highest BCUT2D eigenvalue weighted by Crippen LogP contribution is 2.38. The summed E-state index contributed by atoms with van der Waals surface area (Å²) in [4.78, 5) is 32.3. The molecular formula is C25H27N5O7S. The second-order valence-corrected chi connectivity index (χ2v) is 11.0. The number of ketones is 1. The normalized spacial score (nSPS) is 11.5. The molecule has 12 nitrogen and oxygen atoms in total. The van der Waals surface area contributed by atoms with Crippen LogP contribution in [0.2, 0.25) is 0 Å². The van der Waals surface area contributed by atoms with E-state index in [0.717, 1.165) is 0 Å². The number of anilines is 2. The van der Waals surface area contributed by atoms with Crippen molar-refractivity contribution < 1.29 is 27.4 Å². The van der Waals surface area contributed by atoms with Crippen molar-refractivity contribution in [3.8, 4) is 17.2 Å². The van der Waals surface area contributed by atoms with Crippen molar-refractivity contribution in [2.75, 3.05) is 26.6 Å². The molecule has 0 spiro atoms. The Hall–Kier alpha value is -4.39. The molecule has 0 aliphatic carbocycles. The Morgan fingerprint density at radius 3 is 2.32 bits per heavy atom. The fourth-order valence-electron chi connectivity index (χ4n) is 3.81. The minimum Gasteiger partial charge on any atom is -0.493 e. The lowest BCUT2D eigenvalue weighted by atomic mass is 10.1. The van der Waals surface area contributed by atoms with Gasteiger partial charge in [0.05, 0.1) is 43.6 Å². The summed E-state index contributed by atoms with van der Waals surface area (Å²) in [5.41, 5.74) is -0.00454. The first-order chi connectivity index (χ1) is 18.1. The van der Waals surface area contributed by atoms with E-state index in [9.17, 15) is 18.0 Å². The number of nitrogens with one attached hydrogen (secondary N) is 2. The van der Waals surface area contributed by atoms with Crippen LogP contribution < -0.4 is 25.1 Å². The predicted molar refractivity (Wildman–Crippen MR) is 140 cm³/mol. The number of para-hydroxylation sites is 1. The van der Waals surface area contributed by atoms with Crippen LogP contribution in [0.3, 0.4) is 0 Å². The maximum atomic E-state index is 13.1. The van der Waals surface area contributed by atoms with Crippen LogP contribution in [0.25, 0.3) is 5.78 Å². The summed E-state index contributed by atoms with van der Waals surface area (Å²) < 4.78 is 43.0. The van der Waals surface area contributed by atoms with E-state index < -0.39 is 20.6 Å². The van der Waals surface area contributed by atoms with Gasteiger partial charge in [0.1, 0.15) is 11.6 Å². The minimum atomic E-state index is -3.62. The molecule has 13 heteroatoms. The number of carbonyl (C=O) groups excluding carboxylic acids is 1. The molecule has 0 unspecified atom stereocenters. The average Bonchev–Trinajstić information content (AvgIpc) is 3.29. The molecule has 38 heavy (non-hydrogen) atoms. The number of rotatable bonds is 10. The number of aromatic amines is 1. The first-order valence-corrected chi connectivity index (χ1v) is 13.1. The molecule has 0 bridgehead atoms. The zero-order valence-electron chi connectivity index (χ0n) is 21.4. The van der Waals surface area contributed by atoms with Gasteiger partial charge in [0, 0.05) is 11.6 Å². The zero-order chi connectivity index (χ0) is 27.6. The third-order valence-corrected chi connectivity index (χ3v) is 7.98. The average molecular weight is 542 g/mol.